The highest BCUT2D eigenvalue weighted by Crippen LogP contribution is 2.88. The largest absolute Gasteiger partial charge is 0.481 e. The molecular formula is C36H54O5. The Morgan fingerprint density at radius 3 is 2.44 bits per heavy atom. The third-order valence-corrected chi connectivity index (χ3v) is 17.0. The Bertz CT molecular complexity index is 1210. The maximum absolute atomic E-state index is 12.7. The molecule has 8 rings (SSSR count). The molecule has 5 nitrogen and oxygen atoms in total. The molecule has 1 heterocycles. The van der Waals surface area contributed by atoms with Gasteiger partial charge >= 0.3 is 5.97 Å². The minimum atomic E-state index is -1.22. The lowest BCUT2D eigenvalue weighted by Gasteiger charge is -2.83. The zero-order valence-corrected chi connectivity index (χ0v) is 26.1. The third kappa shape index (κ3) is 2.78. The summed E-state index contributed by atoms with van der Waals surface area (Å²) in [6.07, 6.45) is 21.1. The van der Waals surface area contributed by atoms with E-state index in [1.165, 1.54) is 44.9 Å². The molecule has 8 aliphatic rings. The van der Waals surface area contributed by atoms with Gasteiger partial charge in [-0.15, -0.1) is 0 Å². The predicted molar refractivity (Wildman–Crippen MR) is 157 cm³/mol. The van der Waals surface area contributed by atoms with Crippen molar-refractivity contribution >= 4 is 5.97 Å². The highest BCUT2D eigenvalue weighted by molar-refractivity contribution is 5.74. The molecule has 228 valence electrons. The molecule has 3 spiro atoms. The molecule has 0 aromatic carbocycles. The Morgan fingerprint density at radius 2 is 1.68 bits per heavy atom. The van der Waals surface area contributed by atoms with Crippen LogP contribution in [0.1, 0.15) is 130 Å². The second-order valence-corrected chi connectivity index (χ2v) is 17.8. The Balaban J connectivity index is 1.30. The number of allylic oxidation sites excluding steroid dienone is 1. The lowest BCUT2D eigenvalue weighted by molar-refractivity contribution is -0.359. The minimum absolute atomic E-state index is 0.00690. The van der Waals surface area contributed by atoms with E-state index in [9.17, 15) is 20.1 Å². The molecule has 12 atom stereocenters. The molecule has 0 aromatic heterocycles. The van der Waals surface area contributed by atoms with E-state index in [1.807, 2.05) is 6.92 Å². The summed E-state index contributed by atoms with van der Waals surface area (Å²) < 4.78 is 6.41. The first kappa shape index (κ1) is 27.6. The van der Waals surface area contributed by atoms with Crippen LogP contribution in [-0.2, 0) is 9.53 Å². The average molecular weight is 567 g/mol. The number of fused-ring (bicyclic) bond motifs is 2. The van der Waals surface area contributed by atoms with Gasteiger partial charge in [-0.2, -0.15) is 0 Å². The van der Waals surface area contributed by atoms with Crippen molar-refractivity contribution in [1.82, 2.24) is 0 Å². The van der Waals surface area contributed by atoms with Gasteiger partial charge in [0, 0.05) is 23.7 Å². The molecule has 3 N–H and O–H groups in total. The SMILES string of the molecule is CCCC1C2(O)CC3(O)C=CCC45CCC67CCCC4(CCC1(CO2)C35)C6(C)CCC1(C)CCC(C)(C(=O)O)CC17. The van der Waals surface area contributed by atoms with Crippen LogP contribution < -0.4 is 0 Å². The van der Waals surface area contributed by atoms with Crippen molar-refractivity contribution in [3.05, 3.63) is 12.2 Å². The highest BCUT2D eigenvalue weighted by atomic mass is 16.6. The molecule has 41 heavy (non-hydrogen) atoms. The van der Waals surface area contributed by atoms with Crippen LogP contribution in [0.4, 0.5) is 0 Å². The molecule has 7 aliphatic carbocycles. The maximum atomic E-state index is 12.7. The molecule has 4 bridgehead atoms. The first-order valence-corrected chi connectivity index (χ1v) is 17.2. The van der Waals surface area contributed by atoms with Gasteiger partial charge < -0.3 is 20.1 Å². The Hall–Kier alpha value is -0.910. The number of carbonyl (C=O) groups is 1. The maximum Gasteiger partial charge on any atom is 0.309 e. The van der Waals surface area contributed by atoms with Crippen molar-refractivity contribution < 1.29 is 24.9 Å². The third-order valence-electron chi connectivity index (χ3n) is 17.0. The van der Waals surface area contributed by atoms with Crippen LogP contribution in [0, 0.1) is 55.7 Å². The van der Waals surface area contributed by atoms with Crippen molar-refractivity contribution in [2.24, 2.45) is 55.7 Å². The quantitative estimate of drug-likeness (QED) is 0.313. The Kier molecular flexibility index (Phi) is 5.28. The van der Waals surface area contributed by atoms with Crippen molar-refractivity contribution in [2.45, 2.75) is 142 Å². The second kappa shape index (κ2) is 7.83. The highest BCUT2D eigenvalue weighted by Gasteiger charge is 2.84. The standard InChI is InChI=1S/C36H54O5/c1-5-8-24-31-17-20-35-12-7-9-32(25-21-29(3,27(37)38)14-13-28(25,2)15-16-30(32,35)4)18-19-33(35)10-6-11-34(39,26(31)33)22-36(24,40)41-23-31/h6,11,24-26,39-40H,5,7-10,12-23H2,1-4H3,(H,37,38). The van der Waals surface area contributed by atoms with Gasteiger partial charge in [0.2, 0.25) is 0 Å². The number of carboxylic acid groups (broad SMARTS) is 1. The lowest BCUT2D eigenvalue weighted by Crippen LogP contribution is -2.79. The predicted octanol–water partition coefficient (Wildman–Crippen LogP) is 7.25. The zero-order valence-electron chi connectivity index (χ0n) is 26.1. The van der Waals surface area contributed by atoms with Crippen LogP contribution in [0.3, 0.4) is 0 Å². The van der Waals surface area contributed by atoms with Crippen molar-refractivity contribution in [3.8, 4) is 0 Å². The van der Waals surface area contributed by atoms with Crippen LogP contribution in [0.15, 0.2) is 12.2 Å². The van der Waals surface area contributed by atoms with Gasteiger partial charge in [-0.3, -0.25) is 4.79 Å². The summed E-state index contributed by atoms with van der Waals surface area (Å²) in [5.41, 5.74) is -1.13. The monoisotopic (exact) mass is 566 g/mol. The molecule has 12 unspecified atom stereocenters. The first-order valence-electron chi connectivity index (χ1n) is 17.2. The molecule has 5 heteroatoms. The molecule has 0 aromatic rings. The Morgan fingerprint density at radius 1 is 0.927 bits per heavy atom. The summed E-state index contributed by atoms with van der Waals surface area (Å²) in [5, 5.41) is 35.0. The summed E-state index contributed by atoms with van der Waals surface area (Å²) >= 11 is 0. The van der Waals surface area contributed by atoms with Crippen LogP contribution in [0.25, 0.3) is 0 Å². The zero-order chi connectivity index (χ0) is 29.0. The van der Waals surface area contributed by atoms with Gasteiger partial charge in [0.05, 0.1) is 17.6 Å². The van der Waals surface area contributed by atoms with Gasteiger partial charge in [-0.05, 0) is 123 Å². The smallest absolute Gasteiger partial charge is 0.309 e. The lowest BCUT2D eigenvalue weighted by atomic mass is 9.21. The van der Waals surface area contributed by atoms with Crippen LogP contribution in [-0.4, -0.2) is 39.3 Å². The van der Waals surface area contributed by atoms with E-state index in [4.69, 9.17) is 4.74 Å². The number of aliphatic hydroxyl groups is 2. The van der Waals surface area contributed by atoms with E-state index in [0.29, 0.717) is 18.9 Å². The topological polar surface area (TPSA) is 87.0 Å². The van der Waals surface area contributed by atoms with Gasteiger partial charge in [-0.25, -0.2) is 0 Å². The summed E-state index contributed by atoms with van der Waals surface area (Å²) in [6, 6.07) is 0. The summed E-state index contributed by atoms with van der Waals surface area (Å²) in [6.45, 7) is 10.0. The fourth-order valence-electron chi connectivity index (χ4n) is 15.4. The normalized spacial score (nSPS) is 61.8. The van der Waals surface area contributed by atoms with Crippen molar-refractivity contribution in [3.63, 3.8) is 0 Å². The molecule has 0 amide bonds. The summed E-state index contributed by atoms with van der Waals surface area (Å²) in [4.78, 5) is 12.6. The van der Waals surface area contributed by atoms with Crippen LogP contribution >= 0.6 is 0 Å². The minimum Gasteiger partial charge on any atom is -0.481 e. The number of rotatable bonds is 3. The number of aliphatic carboxylic acids is 1. The van der Waals surface area contributed by atoms with E-state index in [1.54, 1.807) is 0 Å². The number of hydrogen-bond acceptors (Lipinski definition) is 4. The second-order valence-electron chi connectivity index (χ2n) is 17.8. The fraction of sp³-hybridized carbons (Fsp3) is 0.917. The summed E-state index contributed by atoms with van der Waals surface area (Å²) in [5.74, 6) is -1.15. The van der Waals surface area contributed by atoms with Crippen LogP contribution in [0.2, 0.25) is 0 Å². The molecule has 7 fully saturated rings. The molecule has 1 saturated heterocycles. The first-order chi connectivity index (χ1) is 19.2. The molecule has 0 radical (unpaired) electrons. The summed E-state index contributed by atoms with van der Waals surface area (Å²) in [7, 11) is 0. The van der Waals surface area contributed by atoms with Gasteiger partial charge in [0.1, 0.15) is 0 Å². The van der Waals surface area contributed by atoms with E-state index in [2.05, 4.69) is 32.9 Å². The fourth-order valence-corrected chi connectivity index (χ4v) is 15.4. The molecular weight excluding hydrogens is 512 g/mol. The number of hydrogen-bond donors (Lipinski definition) is 3. The van der Waals surface area contributed by atoms with Crippen LogP contribution in [0.5, 0.6) is 0 Å². The van der Waals surface area contributed by atoms with E-state index < -0.39 is 22.8 Å². The van der Waals surface area contributed by atoms with E-state index in [-0.39, 0.29) is 44.3 Å². The van der Waals surface area contributed by atoms with Gasteiger partial charge in [0.25, 0.3) is 0 Å². The van der Waals surface area contributed by atoms with Crippen molar-refractivity contribution in [1.29, 1.82) is 0 Å². The number of ether oxygens (including phenoxy) is 1. The molecule has 6 saturated carbocycles. The van der Waals surface area contributed by atoms with Gasteiger partial charge in [-0.1, -0.05) is 45.8 Å². The van der Waals surface area contributed by atoms with Gasteiger partial charge in [0.15, 0.2) is 5.79 Å². The van der Waals surface area contributed by atoms with E-state index in [0.717, 1.165) is 51.4 Å². The van der Waals surface area contributed by atoms with Crippen molar-refractivity contribution in [2.75, 3.05) is 6.61 Å². The molecule has 1 aliphatic heterocycles. The number of carboxylic acids is 1. The average Bonchev–Trinajstić information content (AvgIpc) is 3.10. The Labute approximate surface area is 246 Å². The van der Waals surface area contributed by atoms with E-state index >= 15 is 0 Å².